The van der Waals surface area contributed by atoms with E-state index >= 15 is 0 Å². The van der Waals surface area contributed by atoms with Gasteiger partial charge in [0.15, 0.2) is 0 Å². The molecule has 1 fully saturated rings. The van der Waals surface area contributed by atoms with E-state index < -0.39 is 0 Å². The highest BCUT2D eigenvalue weighted by atomic mass is 15.3. The Bertz CT molecular complexity index is 368. The summed E-state index contributed by atoms with van der Waals surface area (Å²) in [7, 11) is 0. The second-order valence-corrected chi connectivity index (χ2v) is 4.45. The molecular formula is C12H18N4. The van der Waals surface area contributed by atoms with E-state index in [1.54, 1.807) is 0 Å². The average molecular weight is 218 g/mol. The van der Waals surface area contributed by atoms with Crippen molar-refractivity contribution >= 4 is 11.6 Å². The Morgan fingerprint density at radius 3 is 2.50 bits per heavy atom. The highest BCUT2D eigenvalue weighted by molar-refractivity contribution is 5.93. The number of para-hydroxylation sites is 1. The van der Waals surface area contributed by atoms with E-state index in [0.717, 1.165) is 18.5 Å². The molecule has 86 valence electrons. The van der Waals surface area contributed by atoms with Crippen molar-refractivity contribution in [2.45, 2.75) is 31.7 Å². The van der Waals surface area contributed by atoms with Crippen molar-refractivity contribution in [2.75, 3.05) is 5.32 Å². The van der Waals surface area contributed by atoms with Gasteiger partial charge in [-0.25, -0.2) is 10.8 Å². The molecule has 0 radical (unpaired) electrons. The van der Waals surface area contributed by atoms with Gasteiger partial charge >= 0.3 is 0 Å². The lowest BCUT2D eigenvalue weighted by molar-refractivity contribution is 0.279. The fraction of sp³-hybridized carbons (Fsp3) is 0.417. The first kappa shape index (κ1) is 11.0. The zero-order valence-corrected chi connectivity index (χ0v) is 9.53. The number of anilines is 1. The predicted molar refractivity (Wildman–Crippen MR) is 67.1 cm³/mol. The lowest BCUT2D eigenvalue weighted by Gasteiger charge is -2.34. The van der Waals surface area contributed by atoms with Crippen LogP contribution in [-0.4, -0.2) is 11.5 Å². The molecule has 4 nitrogen and oxygen atoms in total. The van der Waals surface area contributed by atoms with E-state index in [4.69, 9.17) is 5.84 Å². The molecule has 0 bridgehead atoms. The van der Waals surface area contributed by atoms with E-state index in [1.807, 2.05) is 30.3 Å². The molecule has 1 aromatic rings. The highest BCUT2D eigenvalue weighted by Gasteiger charge is 2.31. The number of benzene rings is 1. The molecule has 0 aliphatic heterocycles. The van der Waals surface area contributed by atoms with Crippen LogP contribution in [0.4, 0.5) is 5.69 Å². The summed E-state index contributed by atoms with van der Waals surface area (Å²) >= 11 is 0. The van der Waals surface area contributed by atoms with Gasteiger partial charge in [0.05, 0.1) is 5.54 Å². The zero-order valence-electron chi connectivity index (χ0n) is 9.53. The third kappa shape index (κ3) is 2.52. The number of nitrogens with two attached hydrogens (primary N) is 1. The fourth-order valence-corrected chi connectivity index (χ4v) is 1.82. The molecule has 0 saturated heterocycles. The lowest BCUT2D eigenvalue weighted by atomic mass is 9.79. The summed E-state index contributed by atoms with van der Waals surface area (Å²) in [5.41, 5.74) is 3.66. The van der Waals surface area contributed by atoms with Crippen LogP contribution in [0.15, 0.2) is 35.3 Å². The first-order valence-corrected chi connectivity index (χ1v) is 5.60. The first-order chi connectivity index (χ1) is 7.72. The van der Waals surface area contributed by atoms with Gasteiger partial charge in [0.25, 0.3) is 0 Å². The van der Waals surface area contributed by atoms with Crippen molar-refractivity contribution in [1.29, 1.82) is 0 Å². The van der Waals surface area contributed by atoms with Crippen LogP contribution in [0.25, 0.3) is 0 Å². The van der Waals surface area contributed by atoms with Crippen LogP contribution in [0, 0.1) is 0 Å². The molecule has 0 atom stereocenters. The van der Waals surface area contributed by atoms with Gasteiger partial charge in [-0.1, -0.05) is 18.2 Å². The largest absolute Gasteiger partial charge is 0.325 e. The fourth-order valence-electron chi connectivity index (χ4n) is 1.82. The van der Waals surface area contributed by atoms with Crippen molar-refractivity contribution < 1.29 is 0 Å². The van der Waals surface area contributed by atoms with Crippen LogP contribution in [-0.2, 0) is 0 Å². The minimum atomic E-state index is 0.0590. The Kier molecular flexibility index (Phi) is 3.10. The lowest BCUT2D eigenvalue weighted by Crippen LogP contribution is -2.41. The van der Waals surface area contributed by atoms with E-state index in [2.05, 4.69) is 22.7 Å². The second kappa shape index (κ2) is 4.53. The van der Waals surface area contributed by atoms with Gasteiger partial charge in [0.1, 0.15) is 0 Å². The van der Waals surface area contributed by atoms with Gasteiger partial charge in [0.2, 0.25) is 5.96 Å². The number of rotatable bonds is 2. The molecule has 1 aliphatic carbocycles. The third-order valence-corrected chi connectivity index (χ3v) is 2.99. The molecule has 1 saturated carbocycles. The summed E-state index contributed by atoms with van der Waals surface area (Å²) < 4.78 is 0. The normalized spacial score (nSPS) is 18.8. The number of hydrogen-bond acceptors (Lipinski definition) is 2. The van der Waals surface area contributed by atoms with Crippen molar-refractivity contribution in [1.82, 2.24) is 5.43 Å². The molecule has 0 heterocycles. The van der Waals surface area contributed by atoms with Gasteiger partial charge in [-0.15, -0.1) is 0 Å². The number of aliphatic imine (C=N–C) groups is 1. The van der Waals surface area contributed by atoms with Crippen molar-refractivity contribution in [2.24, 2.45) is 10.8 Å². The predicted octanol–water partition coefficient (Wildman–Crippen LogP) is 1.86. The summed E-state index contributed by atoms with van der Waals surface area (Å²) in [6.45, 7) is 2.15. The monoisotopic (exact) mass is 218 g/mol. The number of nitrogens with zero attached hydrogens (tertiary/aromatic N) is 1. The Morgan fingerprint density at radius 2 is 2.00 bits per heavy atom. The quantitative estimate of drug-likeness (QED) is 0.307. The topological polar surface area (TPSA) is 62.4 Å². The Balaban J connectivity index is 2.06. The Morgan fingerprint density at radius 1 is 1.31 bits per heavy atom. The van der Waals surface area contributed by atoms with Crippen LogP contribution < -0.4 is 16.6 Å². The maximum absolute atomic E-state index is 5.46. The van der Waals surface area contributed by atoms with E-state index in [1.165, 1.54) is 6.42 Å². The summed E-state index contributed by atoms with van der Waals surface area (Å²) in [6, 6.07) is 9.89. The number of guanidine groups is 1. The molecule has 16 heavy (non-hydrogen) atoms. The zero-order chi connectivity index (χ0) is 11.4. The molecular weight excluding hydrogens is 200 g/mol. The summed E-state index contributed by atoms with van der Waals surface area (Å²) in [5, 5.41) is 3.17. The summed E-state index contributed by atoms with van der Waals surface area (Å²) in [4.78, 5) is 4.60. The standard InChI is InChI=1S/C12H18N4/c1-12(8-5-9-12)15-11(16-13)14-10-6-3-2-4-7-10/h2-4,6-7H,5,8-9,13H2,1H3,(H2,14,15,16). The van der Waals surface area contributed by atoms with Gasteiger partial charge in [0, 0.05) is 5.69 Å². The molecule has 0 spiro atoms. The van der Waals surface area contributed by atoms with Crippen molar-refractivity contribution in [3.63, 3.8) is 0 Å². The molecule has 4 N–H and O–H groups in total. The minimum absolute atomic E-state index is 0.0590. The molecule has 1 aliphatic rings. The maximum atomic E-state index is 5.46. The Hall–Kier alpha value is -1.55. The number of hydrazine groups is 1. The molecule has 0 unspecified atom stereocenters. The van der Waals surface area contributed by atoms with Gasteiger partial charge in [-0.3, -0.25) is 5.43 Å². The number of hydrogen-bond donors (Lipinski definition) is 3. The Labute approximate surface area is 95.9 Å². The first-order valence-electron chi connectivity index (χ1n) is 5.60. The van der Waals surface area contributed by atoms with Crippen LogP contribution in [0.2, 0.25) is 0 Å². The molecule has 0 aromatic heterocycles. The smallest absolute Gasteiger partial charge is 0.210 e. The SMILES string of the molecule is CC1(N=C(NN)Nc2ccccc2)CCC1. The molecule has 2 rings (SSSR count). The highest BCUT2D eigenvalue weighted by Crippen LogP contribution is 2.34. The van der Waals surface area contributed by atoms with Crippen LogP contribution in [0.5, 0.6) is 0 Å². The van der Waals surface area contributed by atoms with Crippen LogP contribution in [0.3, 0.4) is 0 Å². The second-order valence-electron chi connectivity index (χ2n) is 4.45. The molecule has 4 heteroatoms. The van der Waals surface area contributed by atoms with E-state index in [9.17, 15) is 0 Å². The number of nitrogens with one attached hydrogen (secondary N) is 2. The van der Waals surface area contributed by atoms with E-state index in [-0.39, 0.29) is 5.54 Å². The van der Waals surface area contributed by atoms with Gasteiger partial charge < -0.3 is 5.32 Å². The minimum Gasteiger partial charge on any atom is -0.325 e. The van der Waals surface area contributed by atoms with Gasteiger partial charge in [-0.05, 0) is 38.3 Å². The van der Waals surface area contributed by atoms with Crippen LogP contribution >= 0.6 is 0 Å². The van der Waals surface area contributed by atoms with Crippen LogP contribution in [0.1, 0.15) is 26.2 Å². The maximum Gasteiger partial charge on any atom is 0.210 e. The van der Waals surface area contributed by atoms with E-state index in [0.29, 0.717) is 5.96 Å². The van der Waals surface area contributed by atoms with Gasteiger partial charge in [-0.2, -0.15) is 0 Å². The third-order valence-electron chi connectivity index (χ3n) is 2.99. The molecule has 1 aromatic carbocycles. The molecule has 0 amide bonds. The van der Waals surface area contributed by atoms with Crippen molar-refractivity contribution in [3.05, 3.63) is 30.3 Å². The summed E-state index contributed by atoms with van der Waals surface area (Å²) in [6.07, 6.45) is 3.52. The average Bonchev–Trinajstić information content (AvgIpc) is 2.27. The summed E-state index contributed by atoms with van der Waals surface area (Å²) in [5.74, 6) is 6.10. The van der Waals surface area contributed by atoms with Crippen molar-refractivity contribution in [3.8, 4) is 0 Å².